The number of carbonyl (C=O) groups excluding carboxylic acids is 2. The fourth-order valence-corrected chi connectivity index (χ4v) is 2.65. The number of imide groups is 1. The number of hydrogen-bond acceptors (Lipinski definition) is 5. The molecule has 1 aliphatic rings. The van der Waals surface area contributed by atoms with Crippen molar-refractivity contribution >= 4 is 24.1 Å². The number of rotatable bonds is 6. The molecule has 2 atom stereocenters. The number of amides is 3. The topological polar surface area (TPSA) is 99.5 Å². The van der Waals surface area contributed by atoms with Crippen molar-refractivity contribution in [1.29, 1.82) is 0 Å². The van der Waals surface area contributed by atoms with Crippen LogP contribution in [-0.2, 0) is 20.0 Å². The van der Waals surface area contributed by atoms with Crippen LogP contribution in [0, 0.1) is 0 Å². The van der Waals surface area contributed by atoms with Gasteiger partial charge in [-0.1, -0.05) is 29.4 Å². The second kappa shape index (κ2) is 6.92. The van der Waals surface area contributed by atoms with Crippen molar-refractivity contribution in [3.05, 3.63) is 35.4 Å². The van der Waals surface area contributed by atoms with E-state index >= 15 is 0 Å². The van der Waals surface area contributed by atoms with Gasteiger partial charge >= 0.3 is 12.0 Å². The van der Waals surface area contributed by atoms with Gasteiger partial charge in [0.15, 0.2) is 0 Å². The number of nitrogens with zero attached hydrogens (tertiary/aromatic N) is 3. The molecule has 3 amide bonds. The van der Waals surface area contributed by atoms with Crippen molar-refractivity contribution in [3.63, 3.8) is 0 Å². The maximum Gasteiger partial charge on any atom is 0.328 e. The molecular formula is C17H21N3O5. The Morgan fingerprint density at radius 1 is 1.36 bits per heavy atom. The van der Waals surface area contributed by atoms with Crippen LogP contribution in [0.1, 0.15) is 31.9 Å². The van der Waals surface area contributed by atoms with E-state index in [2.05, 4.69) is 5.16 Å². The summed E-state index contributed by atoms with van der Waals surface area (Å²) >= 11 is 0. The normalized spacial score (nSPS) is 21.9. The van der Waals surface area contributed by atoms with Crippen molar-refractivity contribution in [2.24, 2.45) is 5.16 Å². The van der Waals surface area contributed by atoms with Crippen LogP contribution in [-0.4, -0.2) is 58.7 Å². The molecule has 0 spiro atoms. The Morgan fingerprint density at radius 2 is 1.96 bits per heavy atom. The standard InChI is InChI=1S/C17H21N3O5/c1-5-25-18-10-12-6-8-13(9-7-12)17(3)15(23)20(11(2)14(21)22)16(24)19(17)4/h6-11H,5H2,1-4H3,(H,21,22)/t11-,17+/m0/s1. The lowest BCUT2D eigenvalue weighted by Crippen LogP contribution is -2.45. The summed E-state index contributed by atoms with van der Waals surface area (Å²) in [5.74, 6) is -1.80. The van der Waals surface area contributed by atoms with Crippen molar-refractivity contribution in [2.45, 2.75) is 32.4 Å². The van der Waals surface area contributed by atoms with Gasteiger partial charge in [0.2, 0.25) is 0 Å². The summed E-state index contributed by atoms with van der Waals surface area (Å²) in [6.45, 7) is 5.20. The average Bonchev–Trinajstić information content (AvgIpc) is 2.76. The van der Waals surface area contributed by atoms with Gasteiger partial charge in [-0.2, -0.15) is 0 Å². The van der Waals surface area contributed by atoms with Crippen LogP contribution in [0.3, 0.4) is 0 Å². The van der Waals surface area contributed by atoms with Crippen molar-refractivity contribution in [1.82, 2.24) is 9.80 Å². The lowest BCUT2D eigenvalue weighted by atomic mass is 9.90. The molecule has 25 heavy (non-hydrogen) atoms. The fraction of sp³-hybridized carbons (Fsp3) is 0.412. The Kier molecular flexibility index (Phi) is 5.10. The van der Waals surface area contributed by atoms with Gasteiger partial charge in [0, 0.05) is 7.05 Å². The summed E-state index contributed by atoms with van der Waals surface area (Å²) in [6.07, 6.45) is 1.54. The predicted octanol–water partition coefficient (Wildman–Crippen LogP) is 1.64. The van der Waals surface area contributed by atoms with Gasteiger partial charge in [-0.3, -0.25) is 4.79 Å². The number of aliphatic carboxylic acids is 1. The van der Waals surface area contributed by atoms with E-state index in [0.29, 0.717) is 12.2 Å². The zero-order chi connectivity index (χ0) is 18.8. The molecule has 0 saturated carbocycles. The summed E-state index contributed by atoms with van der Waals surface area (Å²) in [5.41, 5.74) is 0.0918. The van der Waals surface area contributed by atoms with Gasteiger partial charge in [0.25, 0.3) is 5.91 Å². The third-order valence-electron chi connectivity index (χ3n) is 4.42. The summed E-state index contributed by atoms with van der Waals surface area (Å²) in [6, 6.07) is 5.05. The van der Waals surface area contributed by atoms with E-state index < -0.39 is 29.5 Å². The molecule has 0 aromatic heterocycles. The number of carbonyl (C=O) groups is 3. The molecule has 1 fully saturated rings. The Hall–Kier alpha value is -2.90. The van der Waals surface area contributed by atoms with Gasteiger partial charge in [0.05, 0.1) is 6.21 Å². The predicted molar refractivity (Wildman–Crippen MR) is 90.1 cm³/mol. The van der Waals surface area contributed by atoms with E-state index in [0.717, 1.165) is 10.5 Å². The summed E-state index contributed by atoms with van der Waals surface area (Å²) in [5, 5.41) is 12.9. The van der Waals surface area contributed by atoms with Crippen LogP contribution in [0.2, 0.25) is 0 Å². The highest BCUT2D eigenvalue weighted by Gasteiger charge is 2.55. The number of benzene rings is 1. The number of carboxylic acid groups (broad SMARTS) is 1. The minimum absolute atomic E-state index is 0.464. The smallest absolute Gasteiger partial charge is 0.328 e. The second-order valence-corrected chi connectivity index (χ2v) is 5.88. The summed E-state index contributed by atoms with van der Waals surface area (Å²) in [4.78, 5) is 43.4. The minimum Gasteiger partial charge on any atom is -0.480 e. The lowest BCUT2D eigenvalue weighted by molar-refractivity contribution is -0.147. The molecule has 1 heterocycles. The Morgan fingerprint density at radius 3 is 2.48 bits per heavy atom. The summed E-state index contributed by atoms with van der Waals surface area (Å²) in [7, 11) is 1.49. The molecule has 2 rings (SSSR count). The zero-order valence-corrected chi connectivity index (χ0v) is 14.6. The Labute approximate surface area is 145 Å². The van der Waals surface area contributed by atoms with E-state index in [1.54, 1.807) is 37.4 Å². The van der Waals surface area contributed by atoms with E-state index in [4.69, 9.17) is 9.94 Å². The van der Waals surface area contributed by atoms with Crippen LogP contribution in [0.15, 0.2) is 29.4 Å². The molecule has 134 valence electrons. The third-order valence-corrected chi connectivity index (χ3v) is 4.42. The Bertz CT molecular complexity index is 715. The molecule has 1 aromatic carbocycles. The van der Waals surface area contributed by atoms with Crippen molar-refractivity contribution in [2.75, 3.05) is 13.7 Å². The van der Waals surface area contributed by atoms with Crippen molar-refractivity contribution < 1.29 is 24.3 Å². The minimum atomic E-state index is -1.27. The van der Waals surface area contributed by atoms with Crippen molar-refractivity contribution in [3.8, 4) is 0 Å². The summed E-state index contributed by atoms with van der Waals surface area (Å²) < 4.78 is 0. The first-order chi connectivity index (χ1) is 11.7. The number of carboxylic acids is 1. The van der Waals surface area contributed by atoms with E-state index in [9.17, 15) is 14.4 Å². The number of likely N-dealkylation sites (N-methyl/N-ethyl adjacent to an activating group) is 1. The van der Waals surface area contributed by atoms with Crippen LogP contribution in [0.25, 0.3) is 0 Å². The van der Waals surface area contributed by atoms with Gasteiger partial charge in [0.1, 0.15) is 18.2 Å². The largest absolute Gasteiger partial charge is 0.480 e. The number of hydrogen-bond donors (Lipinski definition) is 1. The molecule has 1 N–H and O–H groups in total. The monoisotopic (exact) mass is 347 g/mol. The molecule has 1 saturated heterocycles. The molecule has 1 aromatic rings. The van der Waals surface area contributed by atoms with Gasteiger partial charge in [-0.25, -0.2) is 14.5 Å². The molecule has 0 aliphatic carbocycles. The van der Waals surface area contributed by atoms with Crippen LogP contribution in [0.4, 0.5) is 4.79 Å². The highest BCUT2D eigenvalue weighted by Crippen LogP contribution is 2.37. The first-order valence-electron chi connectivity index (χ1n) is 7.85. The highest BCUT2D eigenvalue weighted by molar-refractivity contribution is 6.09. The second-order valence-electron chi connectivity index (χ2n) is 5.88. The van der Waals surface area contributed by atoms with E-state index in [1.165, 1.54) is 18.9 Å². The fourth-order valence-electron chi connectivity index (χ4n) is 2.65. The number of urea groups is 1. The molecule has 8 heteroatoms. The van der Waals surface area contributed by atoms with Crippen LogP contribution < -0.4 is 0 Å². The SMILES string of the molecule is CCON=Cc1ccc([C@]2(C)C(=O)N([C@@H](C)C(=O)O)C(=O)N2C)cc1. The Balaban J connectivity index is 2.35. The van der Waals surface area contributed by atoms with Crippen LogP contribution in [0.5, 0.6) is 0 Å². The maximum atomic E-state index is 12.8. The van der Waals surface area contributed by atoms with Gasteiger partial charge < -0.3 is 14.8 Å². The quantitative estimate of drug-likeness (QED) is 0.479. The van der Waals surface area contributed by atoms with E-state index in [-0.39, 0.29) is 0 Å². The van der Waals surface area contributed by atoms with E-state index in [1.807, 2.05) is 6.92 Å². The maximum absolute atomic E-state index is 12.8. The van der Waals surface area contributed by atoms with Gasteiger partial charge in [-0.05, 0) is 31.9 Å². The lowest BCUT2D eigenvalue weighted by Gasteiger charge is -2.29. The number of oxime groups is 1. The third kappa shape index (κ3) is 3.07. The first-order valence-corrected chi connectivity index (χ1v) is 7.85. The molecule has 0 radical (unpaired) electrons. The molecule has 8 nitrogen and oxygen atoms in total. The highest BCUT2D eigenvalue weighted by atomic mass is 16.6. The van der Waals surface area contributed by atoms with Crippen LogP contribution >= 0.6 is 0 Å². The average molecular weight is 347 g/mol. The molecular weight excluding hydrogens is 326 g/mol. The van der Waals surface area contributed by atoms with Gasteiger partial charge in [-0.15, -0.1) is 0 Å². The zero-order valence-electron chi connectivity index (χ0n) is 14.6. The first kappa shape index (κ1) is 18.4. The molecule has 0 bridgehead atoms. The molecule has 1 aliphatic heterocycles. The molecule has 0 unspecified atom stereocenters.